The lowest BCUT2D eigenvalue weighted by atomic mass is 9.92. The summed E-state index contributed by atoms with van der Waals surface area (Å²) in [7, 11) is 0. The standard InChI is InChI=1S/C5H8N4O12/c10-6(11)18-1-5(2-19-7(12)13,3-20-8(14)15)4-21-9(16)17/h1-4H2. The van der Waals surface area contributed by atoms with E-state index in [0.717, 1.165) is 0 Å². The monoisotopic (exact) mass is 316 g/mol. The van der Waals surface area contributed by atoms with Gasteiger partial charge in [0.1, 0.15) is 26.4 Å². The van der Waals surface area contributed by atoms with Crippen molar-refractivity contribution in [2.45, 2.75) is 0 Å². The molecule has 0 aromatic heterocycles. The molecule has 0 aliphatic rings. The average Bonchev–Trinajstić information content (AvgIpc) is 2.36. The van der Waals surface area contributed by atoms with Gasteiger partial charge in [-0.3, -0.25) is 0 Å². The zero-order chi connectivity index (χ0) is 16.5. The fourth-order valence-corrected chi connectivity index (χ4v) is 1.01. The molecule has 0 aliphatic heterocycles. The van der Waals surface area contributed by atoms with Crippen molar-refractivity contribution in [1.29, 1.82) is 0 Å². The van der Waals surface area contributed by atoms with E-state index in [9.17, 15) is 40.5 Å². The second-order valence-corrected chi connectivity index (χ2v) is 3.49. The number of hydrogen-bond donors (Lipinski definition) is 0. The van der Waals surface area contributed by atoms with Gasteiger partial charge in [-0.1, -0.05) is 0 Å². The van der Waals surface area contributed by atoms with Crippen LogP contribution in [0.15, 0.2) is 0 Å². The summed E-state index contributed by atoms with van der Waals surface area (Å²) in [4.78, 5) is 56.2. The van der Waals surface area contributed by atoms with Crippen molar-refractivity contribution in [3.8, 4) is 0 Å². The summed E-state index contributed by atoms with van der Waals surface area (Å²) in [6.45, 7) is -4.13. The minimum Gasteiger partial charge on any atom is -0.313 e. The highest BCUT2D eigenvalue weighted by molar-refractivity contribution is 4.77. The number of hydrogen-bond acceptors (Lipinski definition) is 12. The molecule has 0 saturated carbocycles. The molecular weight excluding hydrogens is 308 g/mol. The van der Waals surface area contributed by atoms with Crippen LogP contribution in [0.5, 0.6) is 0 Å². The van der Waals surface area contributed by atoms with Crippen molar-refractivity contribution < 1.29 is 39.7 Å². The fraction of sp³-hybridized carbons (Fsp3) is 1.00. The van der Waals surface area contributed by atoms with Crippen molar-refractivity contribution in [3.63, 3.8) is 0 Å². The molecule has 0 bridgehead atoms. The zero-order valence-electron chi connectivity index (χ0n) is 10.0. The molecule has 16 nitrogen and oxygen atoms in total. The van der Waals surface area contributed by atoms with Gasteiger partial charge in [-0.15, -0.1) is 40.5 Å². The van der Waals surface area contributed by atoms with E-state index in [2.05, 4.69) is 19.4 Å². The number of rotatable bonds is 12. The van der Waals surface area contributed by atoms with Crippen molar-refractivity contribution >= 4 is 0 Å². The van der Waals surface area contributed by atoms with Crippen molar-refractivity contribution in [2.75, 3.05) is 26.4 Å². The van der Waals surface area contributed by atoms with Gasteiger partial charge in [-0.05, 0) is 0 Å². The Morgan fingerprint density at radius 3 is 0.905 bits per heavy atom. The molecule has 21 heavy (non-hydrogen) atoms. The first-order chi connectivity index (χ1) is 9.67. The van der Waals surface area contributed by atoms with Crippen molar-refractivity contribution in [3.05, 3.63) is 40.5 Å². The second-order valence-electron chi connectivity index (χ2n) is 3.49. The summed E-state index contributed by atoms with van der Waals surface area (Å²) >= 11 is 0. The van der Waals surface area contributed by atoms with Gasteiger partial charge in [-0.2, -0.15) is 0 Å². The Kier molecular flexibility index (Phi) is 6.84. The molecule has 0 atom stereocenters. The molecule has 0 aromatic rings. The lowest BCUT2D eigenvalue weighted by Crippen LogP contribution is -2.43. The van der Waals surface area contributed by atoms with Crippen LogP contribution in [0.3, 0.4) is 0 Å². The molecule has 0 saturated heterocycles. The van der Waals surface area contributed by atoms with Crippen molar-refractivity contribution in [1.82, 2.24) is 0 Å². The Morgan fingerprint density at radius 1 is 0.571 bits per heavy atom. The third-order valence-electron chi connectivity index (χ3n) is 1.90. The van der Waals surface area contributed by atoms with Gasteiger partial charge in [-0.25, -0.2) is 0 Å². The Labute approximate surface area is 113 Å². The predicted octanol–water partition coefficient (Wildman–Crippen LogP) is -1.19. The molecule has 120 valence electrons. The van der Waals surface area contributed by atoms with Crippen LogP contribution in [0.25, 0.3) is 0 Å². The summed E-state index contributed by atoms with van der Waals surface area (Å²) in [5.74, 6) is 0. The Morgan fingerprint density at radius 2 is 0.762 bits per heavy atom. The van der Waals surface area contributed by atoms with E-state index in [1.807, 2.05) is 0 Å². The van der Waals surface area contributed by atoms with E-state index in [1.54, 1.807) is 0 Å². The largest absolute Gasteiger partial charge is 0.313 e. The van der Waals surface area contributed by atoms with Crippen molar-refractivity contribution in [2.24, 2.45) is 5.41 Å². The normalized spacial score (nSPS) is 10.3. The van der Waals surface area contributed by atoms with E-state index in [1.165, 1.54) is 0 Å². The topological polar surface area (TPSA) is 209 Å². The van der Waals surface area contributed by atoms with E-state index in [0.29, 0.717) is 0 Å². The quantitative estimate of drug-likeness (QED) is 0.307. The number of nitrogens with zero attached hydrogens (tertiary/aromatic N) is 4. The first-order valence-electron chi connectivity index (χ1n) is 4.76. The Hall–Kier alpha value is -3.20. The summed E-state index contributed by atoms with van der Waals surface area (Å²) in [6, 6.07) is 0. The molecule has 0 amide bonds. The molecule has 0 rings (SSSR count). The van der Waals surface area contributed by atoms with Gasteiger partial charge in [0, 0.05) is 0 Å². The highest BCUT2D eigenvalue weighted by atomic mass is 17.0. The van der Waals surface area contributed by atoms with Gasteiger partial charge in [0.25, 0.3) is 20.3 Å². The molecular formula is C5H8N4O12. The minimum absolute atomic E-state index is 1.03. The first kappa shape index (κ1) is 17.8. The smallest absolute Gasteiger partial charge is 0.294 e. The molecule has 0 heterocycles. The minimum atomic E-state index is -2.03. The van der Waals surface area contributed by atoms with Crippen LogP contribution < -0.4 is 0 Å². The SMILES string of the molecule is O=[N+]([O-])OCC(CO[N+](=O)[O-])(CO[N+](=O)[O-])CO[N+](=O)[O-]. The van der Waals surface area contributed by atoms with Crippen LogP contribution in [0.4, 0.5) is 0 Å². The highest BCUT2D eigenvalue weighted by Crippen LogP contribution is 2.21. The molecule has 0 aliphatic carbocycles. The molecule has 0 aromatic carbocycles. The zero-order valence-corrected chi connectivity index (χ0v) is 10.0. The van der Waals surface area contributed by atoms with Gasteiger partial charge < -0.3 is 19.4 Å². The fourth-order valence-electron chi connectivity index (χ4n) is 1.01. The van der Waals surface area contributed by atoms with Gasteiger partial charge in [0.15, 0.2) is 0 Å². The highest BCUT2D eigenvalue weighted by Gasteiger charge is 2.37. The van der Waals surface area contributed by atoms with Gasteiger partial charge >= 0.3 is 0 Å². The maximum absolute atomic E-state index is 10.1. The maximum atomic E-state index is 10.1. The second kappa shape index (κ2) is 8.07. The van der Waals surface area contributed by atoms with E-state index in [-0.39, 0.29) is 0 Å². The third-order valence-corrected chi connectivity index (χ3v) is 1.90. The van der Waals surface area contributed by atoms with Gasteiger partial charge in [0.05, 0.1) is 5.41 Å². The average molecular weight is 316 g/mol. The molecule has 0 radical (unpaired) electrons. The predicted molar refractivity (Wildman–Crippen MR) is 54.2 cm³/mol. The Balaban J connectivity index is 5.02. The third kappa shape index (κ3) is 8.51. The first-order valence-corrected chi connectivity index (χ1v) is 4.76. The molecule has 0 spiro atoms. The lowest BCUT2D eigenvalue weighted by molar-refractivity contribution is -0.792. The Bertz CT molecular complexity index is 333. The van der Waals surface area contributed by atoms with Crippen LogP contribution in [-0.2, 0) is 19.4 Å². The summed E-state index contributed by atoms with van der Waals surface area (Å²) in [5, 5.41) is 35.3. The van der Waals surface area contributed by atoms with Crippen LogP contribution in [0, 0.1) is 45.9 Å². The lowest BCUT2D eigenvalue weighted by Gasteiger charge is -2.28. The summed E-state index contributed by atoms with van der Waals surface area (Å²) in [6.07, 6.45) is 0. The van der Waals surface area contributed by atoms with E-state index in [4.69, 9.17) is 0 Å². The van der Waals surface area contributed by atoms with Crippen LogP contribution >= 0.6 is 0 Å². The molecule has 16 heteroatoms. The van der Waals surface area contributed by atoms with Crippen LogP contribution in [0.2, 0.25) is 0 Å². The molecule has 0 fully saturated rings. The van der Waals surface area contributed by atoms with E-state index >= 15 is 0 Å². The maximum Gasteiger partial charge on any atom is 0.294 e. The molecule has 0 N–H and O–H groups in total. The molecule has 0 unspecified atom stereocenters. The van der Waals surface area contributed by atoms with Gasteiger partial charge in [0.2, 0.25) is 0 Å². The van der Waals surface area contributed by atoms with Crippen LogP contribution in [-0.4, -0.2) is 46.8 Å². The summed E-state index contributed by atoms with van der Waals surface area (Å²) < 4.78 is 0. The summed E-state index contributed by atoms with van der Waals surface area (Å²) in [5.41, 5.74) is -2.03. The van der Waals surface area contributed by atoms with Crippen LogP contribution in [0.1, 0.15) is 0 Å². The van der Waals surface area contributed by atoms with E-state index < -0.39 is 52.2 Å².